The topological polar surface area (TPSA) is 89.0 Å². The van der Waals surface area contributed by atoms with Crippen LogP contribution in [0.4, 0.5) is 16.6 Å². The molecule has 2 N–H and O–H groups in total. The Morgan fingerprint density at radius 3 is 2.89 bits per heavy atom. The molecular formula is C16H13Cl2N5O2S2. The molecule has 2 aromatic heterocycles. The van der Waals surface area contributed by atoms with Crippen LogP contribution in [0.5, 0.6) is 5.75 Å². The van der Waals surface area contributed by atoms with Crippen LogP contribution < -0.4 is 15.4 Å². The van der Waals surface area contributed by atoms with Crippen molar-refractivity contribution >= 4 is 68.8 Å². The number of ether oxygens (including phenoxy) is 1. The van der Waals surface area contributed by atoms with E-state index in [1.807, 2.05) is 24.3 Å². The molecule has 0 radical (unpaired) electrons. The summed E-state index contributed by atoms with van der Waals surface area (Å²) in [6.07, 6.45) is 1.41. The average molecular weight is 442 g/mol. The molecule has 1 aromatic carbocycles. The number of aromatic nitrogens is 3. The first-order valence-electron chi connectivity index (χ1n) is 7.52. The Morgan fingerprint density at radius 1 is 1.30 bits per heavy atom. The summed E-state index contributed by atoms with van der Waals surface area (Å²) >= 11 is 14.4. The smallest absolute Gasteiger partial charge is 0.236 e. The number of carbonyl (C=O) groups is 1. The summed E-state index contributed by atoms with van der Waals surface area (Å²) in [5, 5.41) is 15.2. The normalized spacial score (nSPS) is 10.5. The number of thioether (sulfide) groups is 1. The minimum absolute atomic E-state index is 0.143. The van der Waals surface area contributed by atoms with Crippen molar-refractivity contribution in [2.75, 3.05) is 23.5 Å². The first kappa shape index (κ1) is 19.7. The van der Waals surface area contributed by atoms with Crippen LogP contribution in [0.25, 0.3) is 0 Å². The van der Waals surface area contributed by atoms with Gasteiger partial charge in [-0.15, -0.1) is 10.2 Å². The van der Waals surface area contributed by atoms with Crippen LogP contribution in [0.1, 0.15) is 0 Å². The maximum Gasteiger partial charge on any atom is 0.236 e. The number of amides is 1. The molecule has 0 aliphatic carbocycles. The summed E-state index contributed by atoms with van der Waals surface area (Å²) in [6, 6.07) is 9.01. The minimum atomic E-state index is -0.258. The SMILES string of the molecule is COc1ccccc1Nc1nnc(SCC(=O)Nc2ncc(Cl)cc2Cl)s1. The van der Waals surface area contributed by atoms with E-state index in [1.165, 1.54) is 35.4 Å². The molecule has 0 unspecified atom stereocenters. The molecule has 0 aliphatic heterocycles. The number of para-hydroxylation sites is 2. The van der Waals surface area contributed by atoms with Gasteiger partial charge in [0.05, 0.1) is 28.6 Å². The lowest BCUT2D eigenvalue weighted by Gasteiger charge is -2.07. The number of methoxy groups -OCH3 is 1. The van der Waals surface area contributed by atoms with Crippen LogP contribution in [0.2, 0.25) is 10.0 Å². The third-order valence-corrected chi connectivity index (χ3v) is 5.61. The lowest BCUT2D eigenvalue weighted by Crippen LogP contribution is -2.15. The number of benzene rings is 1. The third-order valence-electron chi connectivity index (χ3n) is 3.15. The molecule has 0 atom stereocenters. The van der Waals surface area contributed by atoms with E-state index in [1.54, 1.807) is 7.11 Å². The largest absolute Gasteiger partial charge is 0.495 e. The first-order chi connectivity index (χ1) is 13.0. The maximum absolute atomic E-state index is 12.1. The zero-order valence-corrected chi connectivity index (χ0v) is 17.0. The lowest BCUT2D eigenvalue weighted by molar-refractivity contribution is -0.113. The highest BCUT2D eigenvalue weighted by Crippen LogP contribution is 2.31. The van der Waals surface area contributed by atoms with Gasteiger partial charge >= 0.3 is 0 Å². The molecule has 1 amide bonds. The Bertz CT molecular complexity index is 954. The number of hydrogen-bond acceptors (Lipinski definition) is 8. The zero-order valence-electron chi connectivity index (χ0n) is 13.9. The van der Waals surface area contributed by atoms with Gasteiger partial charge < -0.3 is 15.4 Å². The predicted octanol–water partition coefficient (Wildman–Crippen LogP) is 4.72. The van der Waals surface area contributed by atoms with E-state index in [4.69, 9.17) is 27.9 Å². The predicted molar refractivity (Wildman–Crippen MR) is 110 cm³/mol. The Hall–Kier alpha value is -2.07. The Labute approximate surface area is 173 Å². The number of rotatable bonds is 7. The van der Waals surface area contributed by atoms with Crippen molar-refractivity contribution in [2.24, 2.45) is 0 Å². The molecule has 0 aliphatic rings. The Balaban J connectivity index is 1.55. The molecule has 2 heterocycles. The summed E-state index contributed by atoms with van der Waals surface area (Å²) < 4.78 is 5.94. The first-order valence-corrected chi connectivity index (χ1v) is 10.1. The number of pyridine rings is 1. The molecule has 3 rings (SSSR count). The van der Waals surface area contributed by atoms with Crippen molar-refractivity contribution in [3.63, 3.8) is 0 Å². The third kappa shape index (κ3) is 5.46. The summed E-state index contributed by atoms with van der Waals surface area (Å²) in [6.45, 7) is 0. The Kier molecular flexibility index (Phi) is 6.73. The minimum Gasteiger partial charge on any atom is -0.495 e. The summed E-state index contributed by atoms with van der Waals surface area (Å²) in [4.78, 5) is 16.1. The van der Waals surface area contributed by atoms with E-state index < -0.39 is 0 Å². The van der Waals surface area contributed by atoms with Crippen LogP contribution in [0.15, 0.2) is 40.9 Å². The maximum atomic E-state index is 12.1. The van der Waals surface area contributed by atoms with Crippen LogP contribution in [0, 0.1) is 0 Å². The molecule has 11 heteroatoms. The van der Waals surface area contributed by atoms with Gasteiger partial charge in [-0.25, -0.2) is 4.98 Å². The van der Waals surface area contributed by atoms with Gasteiger partial charge in [0.25, 0.3) is 0 Å². The molecule has 3 aromatic rings. The summed E-state index contributed by atoms with van der Waals surface area (Å²) in [5.41, 5.74) is 0.786. The van der Waals surface area contributed by atoms with E-state index in [0.717, 1.165) is 5.69 Å². The molecule has 0 saturated heterocycles. The highest BCUT2D eigenvalue weighted by atomic mass is 35.5. The Morgan fingerprint density at radius 2 is 2.11 bits per heavy atom. The fourth-order valence-corrected chi connectivity index (χ4v) is 3.98. The number of hydrogen-bond donors (Lipinski definition) is 2. The van der Waals surface area contributed by atoms with Gasteiger partial charge in [-0.1, -0.05) is 58.4 Å². The van der Waals surface area contributed by atoms with E-state index in [-0.39, 0.29) is 22.5 Å². The van der Waals surface area contributed by atoms with Gasteiger partial charge in [0.1, 0.15) is 5.75 Å². The summed E-state index contributed by atoms with van der Waals surface area (Å²) in [5.74, 6) is 0.853. The van der Waals surface area contributed by atoms with Crippen LogP contribution in [-0.2, 0) is 4.79 Å². The van der Waals surface area contributed by atoms with Gasteiger partial charge in [-0.3, -0.25) is 4.79 Å². The average Bonchev–Trinajstić information content (AvgIpc) is 3.10. The van der Waals surface area contributed by atoms with Crippen LogP contribution in [0.3, 0.4) is 0 Å². The van der Waals surface area contributed by atoms with Gasteiger partial charge in [-0.05, 0) is 18.2 Å². The van der Waals surface area contributed by atoms with Gasteiger partial charge in [-0.2, -0.15) is 0 Å². The second-order valence-electron chi connectivity index (χ2n) is 5.02. The van der Waals surface area contributed by atoms with Crippen molar-refractivity contribution in [3.8, 4) is 5.75 Å². The number of halogens is 2. The highest BCUT2D eigenvalue weighted by molar-refractivity contribution is 8.01. The number of anilines is 3. The fourth-order valence-electron chi connectivity index (χ4n) is 1.98. The number of nitrogens with zero attached hydrogens (tertiary/aromatic N) is 3. The summed E-state index contributed by atoms with van der Waals surface area (Å²) in [7, 11) is 1.60. The molecule has 0 spiro atoms. The van der Waals surface area contributed by atoms with Crippen LogP contribution >= 0.6 is 46.3 Å². The molecule has 140 valence electrons. The second kappa shape index (κ2) is 9.23. The number of nitrogens with one attached hydrogen (secondary N) is 2. The fraction of sp³-hybridized carbons (Fsp3) is 0.125. The van der Waals surface area contributed by atoms with E-state index in [9.17, 15) is 4.79 Å². The van der Waals surface area contributed by atoms with Crippen LogP contribution in [-0.4, -0.2) is 34.0 Å². The van der Waals surface area contributed by atoms with Crippen molar-refractivity contribution in [3.05, 3.63) is 46.6 Å². The van der Waals surface area contributed by atoms with E-state index in [2.05, 4.69) is 25.8 Å². The second-order valence-corrected chi connectivity index (χ2v) is 8.06. The van der Waals surface area contributed by atoms with Gasteiger partial charge in [0.15, 0.2) is 10.2 Å². The zero-order chi connectivity index (χ0) is 19.2. The highest BCUT2D eigenvalue weighted by Gasteiger charge is 2.12. The van der Waals surface area contributed by atoms with Crippen molar-refractivity contribution in [2.45, 2.75) is 4.34 Å². The number of carbonyl (C=O) groups excluding carboxylic acids is 1. The van der Waals surface area contributed by atoms with E-state index in [0.29, 0.717) is 20.2 Å². The van der Waals surface area contributed by atoms with Gasteiger partial charge in [0, 0.05) is 6.20 Å². The monoisotopic (exact) mass is 441 g/mol. The van der Waals surface area contributed by atoms with Crippen molar-refractivity contribution in [1.29, 1.82) is 0 Å². The quantitative estimate of drug-likeness (QED) is 0.512. The molecule has 0 saturated carbocycles. The molecule has 7 nitrogen and oxygen atoms in total. The molecule has 0 bridgehead atoms. The van der Waals surface area contributed by atoms with Crippen molar-refractivity contribution in [1.82, 2.24) is 15.2 Å². The van der Waals surface area contributed by atoms with E-state index >= 15 is 0 Å². The van der Waals surface area contributed by atoms with Gasteiger partial charge in [0.2, 0.25) is 11.0 Å². The molecule has 27 heavy (non-hydrogen) atoms. The molecular weight excluding hydrogens is 429 g/mol. The van der Waals surface area contributed by atoms with Crippen molar-refractivity contribution < 1.29 is 9.53 Å². The molecule has 0 fully saturated rings. The lowest BCUT2D eigenvalue weighted by atomic mass is 10.3. The standard InChI is InChI=1S/C16H13Cl2N5O2S2/c1-25-12-5-3-2-4-11(12)20-15-22-23-16(27-15)26-8-13(24)21-14-10(18)6-9(17)7-19-14/h2-7H,8H2,1H3,(H,20,22)(H,19,21,24).